The number of esters is 4. The summed E-state index contributed by atoms with van der Waals surface area (Å²) in [4.78, 5) is 73.0. The van der Waals surface area contributed by atoms with Gasteiger partial charge in [-0.15, -0.1) is 0 Å². The topological polar surface area (TPSA) is 237 Å². The molecule has 0 aromatic carbocycles. The van der Waals surface area contributed by atoms with E-state index in [1.807, 2.05) is 36.5 Å². The van der Waals surface area contributed by atoms with Crippen molar-refractivity contribution in [3.63, 3.8) is 0 Å². The quantitative estimate of drug-likeness (QED) is 0.0169. The molecule has 0 fully saturated rings. The fourth-order valence-electron chi connectivity index (χ4n) is 10.1. The van der Waals surface area contributed by atoms with Gasteiger partial charge in [-0.2, -0.15) is 0 Å². The molecule has 0 saturated heterocycles. The molecule has 5 atom stereocenters. The van der Waals surface area contributed by atoms with Gasteiger partial charge in [-0.3, -0.25) is 37.3 Å². The van der Waals surface area contributed by atoms with Gasteiger partial charge in [-0.05, 0) is 154 Å². The van der Waals surface area contributed by atoms with E-state index in [1.54, 1.807) is 0 Å². The summed E-state index contributed by atoms with van der Waals surface area (Å²) < 4.78 is 68.4. The molecule has 0 bridgehead atoms. The molecule has 106 heavy (non-hydrogen) atoms. The monoisotopic (exact) mass is 1520 g/mol. The number of phosphoric ester groups is 2. The lowest BCUT2D eigenvalue weighted by atomic mass is 10.1. The molecule has 17 nitrogen and oxygen atoms in total. The zero-order valence-electron chi connectivity index (χ0n) is 65.8. The Labute approximate surface area is 642 Å². The van der Waals surface area contributed by atoms with Crippen molar-refractivity contribution in [3.05, 3.63) is 170 Å². The van der Waals surface area contributed by atoms with Gasteiger partial charge in [0.25, 0.3) is 0 Å². The molecule has 0 aromatic heterocycles. The van der Waals surface area contributed by atoms with Gasteiger partial charge in [0.15, 0.2) is 12.2 Å². The molecule has 0 saturated carbocycles. The zero-order valence-corrected chi connectivity index (χ0v) is 67.6. The summed E-state index contributed by atoms with van der Waals surface area (Å²) in [6, 6.07) is 0. The van der Waals surface area contributed by atoms with Crippen LogP contribution in [-0.2, 0) is 65.4 Å². The molecular formula is C87H142O17P2. The predicted molar refractivity (Wildman–Crippen MR) is 436 cm³/mol. The molecule has 0 spiro atoms. The molecule has 0 radical (unpaired) electrons. The largest absolute Gasteiger partial charge is 0.472 e. The summed E-state index contributed by atoms with van der Waals surface area (Å²) in [5.74, 6) is -2.40. The van der Waals surface area contributed by atoms with Crippen LogP contribution in [0.25, 0.3) is 0 Å². The first-order valence-corrected chi connectivity index (χ1v) is 43.4. The molecule has 0 rings (SSSR count). The minimum atomic E-state index is -5.02. The molecular weight excluding hydrogens is 1380 g/mol. The van der Waals surface area contributed by atoms with E-state index in [9.17, 15) is 43.2 Å². The lowest BCUT2D eigenvalue weighted by Gasteiger charge is -2.21. The van der Waals surface area contributed by atoms with E-state index in [-0.39, 0.29) is 25.7 Å². The predicted octanol–water partition coefficient (Wildman–Crippen LogP) is 23.8. The second-order valence-corrected chi connectivity index (χ2v) is 29.1. The number of allylic oxidation sites excluding steroid dienone is 28. The van der Waals surface area contributed by atoms with Crippen molar-refractivity contribution in [2.75, 3.05) is 39.6 Å². The standard InChI is InChI=1S/C87H142O17P2/c1-5-9-13-17-21-25-29-33-36-38-40-42-45-49-52-56-60-64-68-72-85(90)98-78-83(104-87(92)74-70-66-62-58-54-50-46-43-41-39-37-34-30-26-22-18-14-10-6-2)80-102-106(95,96)100-76-81(88)75-99-105(93,94)101-79-82(103-86(91)73-69-65-61-57-53-47-32-28-24-20-16-12-8-4)77-97-84(89)71-67-63-59-55-51-48-44-35-31-27-23-19-15-11-7-3/h9-10,13-14,21-22,25-26,28,32-37,40-44,49-50,52,54,60,62,64,66,81-83,88H,5-8,11-12,15-20,23-24,27,29-31,38-39,45-48,51,53,55-59,61,63,65,67-80H2,1-4H3,(H,93,94)(H,95,96)/b13-9-,14-10-,25-21-,26-22-,32-28-,36-33-,37-34-,42-40-,43-41-,44-35-,52-49-,54-50-,64-60-,66-62-. The number of aliphatic hydroxyl groups is 1. The minimum Gasteiger partial charge on any atom is -0.462 e. The summed E-state index contributed by atoms with van der Waals surface area (Å²) in [7, 11) is -10.0. The second kappa shape index (κ2) is 77.6. The highest BCUT2D eigenvalue weighted by Gasteiger charge is 2.30. The van der Waals surface area contributed by atoms with E-state index >= 15 is 0 Å². The molecule has 0 aromatic rings. The van der Waals surface area contributed by atoms with Crippen LogP contribution in [0.2, 0.25) is 0 Å². The highest BCUT2D eigenvalue weighted by atomic mass is 31.2. The molecule has 0 amide bonds. The van der Waals surface area contributed by atoms with Crippen LogP contribution < -0.4 is 0 Å². The first-order chi connectivity index (χ1) is 51.7. The van der Waals surface area contributed by atoms with Crippen molar-refractivity contribution in [2.45, 2.75) is 316 Å². The third-order valence-corrected chi connectivity index (χ3v) is 18.1. The Morgan fingerprint density at radius 3 is 0.840 bits per heavy atom. The fraction of sp³-hybridized carbons (Fsp3) is 0.632. The second-order valence-electron chi connectivity index (χ2n) is 26.2. The Balaban J connectivity index is 5.52. The molecule has 3 N–H and O–H groups in total. The minimum absolute atomic E-state index is 0.0137. The lowest BCUT2D eigenvalue weighted by Crippen LogP contribution is -2.30. The number of carbonyl (C=O) groups excluding carboxylic acids is 4. The third kappa shape index (κ3) is 76.6. The van der Waals surface area contributed by atoms with Gasteiger partial charge in [0.05, 0.1) is 26.4 Å². The average Bonchev–Trinajstić information content (AvgIpc) is 0.903. The molecule has 0 aliphatic carbocycles. The highest BCUT2D eigenvalue weighted by Crippen LogP contribution is 2.45. The summed E-state index contributed by atoms with van der Waals surface area (Å²) in [5.41, 5.74) is 0. The Morgan fingerprint density at radius 1 is 0.274 bits per heavy atom. The first kappa shape index (κ1) is 100. The van der Waals surface area contributed by atoms with Crippen molar-refractivity contribution < 1.29 is 80.2 Å². The molecule has 602 valence electrons. The van der Waals surface area contributed by atoms with Crippen molar-refractivity contribution in [1.82, 2.24) is 0 Å². The number of aliphatic hydroxyl groups excluding tert-OH is 1. The Morgan fingerprint density at radius 2 is 0.509 bits per heavy atom. The molecule has 5 unspecified atom stereocenters. The number of hydrogen-bond acceptors (Lipinski definition) is 15. The van der Waals surface area contributed by atoms with Gasteiger partial charge in [-0.1, -0.05) is 288 Å². The van der Waals surface area contributed by atoms with Gasteiger partial charge in [0, 0.05) is 25.7 Å². The zero-order chi connectivity index (χ0) is 77.4. The van der Waals surface area contributed by atoms with Crippen LogP contribution in [-0.4, -0.2) is 96.7 Å². The van der Waals surface area contributed by atoms with Crippen molar-refractivity contribution >= 4 is 39.5 Å². The number of unbranched alkanes of at least 4 members (excludes halogenated alkanes) is 20. The maximum absolute atomic E-state index is 13.1. The third-order valence-electron chi connectivity index (χ3n) is 16.2. The number of rotatable bonds is 74. The number of hydrogen-bond donors (Lipinski definition) is 3. The van der Waals surface area contributed by atoms with Gasteiger partial charge < -0.3 is 33.8 Å². The highest BCUT2D eigenvalue weighted by molar-refractivity contribution is 7.47. The Hall–Kier alpha value is -5.58. The van der Waals surface area contributed by atoms with Crippen LogP contribution in [0.15, 0.2) is 170 Å². The van der Waals surface area contributed by atoms with E-state index in [1.165, 1.54) is 64.2 Å². The van der Waals surface area contributed by atoms with E-state index in [2.05, 4.69) is 161 Å². The van der Waals surface area contributed by atoms with Crippen LogP contribution in [0.1, 0.15) is 297 Å². The smallest absolute Gasteiger partial charge is 0.462 e. The normalized spacial score (nSPS) is 14.7. The molecule has 0 heterocycles. The van der Waals surface area contributed by atoms with Gasteiger partial charge in [0.2, 0.25) is 0 Å². The summed E-state index contributed by atoms with van der Waals surface area (Å²) in [5, 5.41) is 10.6. The van der Waals surface area contributed by atoms with Crippen LogP contribution in [0.3, 0.4) is 0 Å². The van der Waals surface area contributed by atoms with Crippen LogP contribution >= 0.6 is 15.6 Å². The van der Waals surface area contributed by atoms with E-state index in [4.69, 9.17) is 37.0 Å². The Bertz CT molecular complexity index is 2680. The summed E-state index contributed by atoms with van der Waals surface area (Å²) in [6.07, 6.45) is 92.2. The van der Waals surface area contributed by atoms with Crippen molar-refractivity contribution in [3.8, 4) is 0 Å². The lowest BCUT2D eigenvalue weighted by molar-refractivity contribution is -0.161. The van der Waals surface area contributed by atoms with Gasteiger partial charge in [0.1, 0.15) is 19.3 Å². The Kier molecular flexibility index (Phi) is 73.5. The van der Waals surface area contributed by atoms with Crippen molar-refractivity contribution in [1.29, 1.82) is 0 Å². The van der Waals surface area contributed by atoms with Gasteiger partial charge in [-0.25, -0.2) is 9.13 Å². The number of phosphoric acid groups is 2. The number of ether oxygens (including phenoxy) is 4. The first-order valence-electron chi connectivity index (χ1n) is 40.4. The fourth-order valence-corrected chi connectivity index (χ4v) is 11.7. The maximum Gasteiger partial charge on any atom is 0.472 e. The summed E-state index contributed by atoms with van der Waals surface area (Å²) in [6.45, 7) is 4.43. The van der Waals surface area contributed by atoms with Crippen LogP contribution in [0.4, 0.5) is 0 Å². The van der Waals surface area contributed by atoms with E-state index < -0.39 is 97.5 Å². The van der Waals surface area contributed by atoms with Gasteiger partial charge >= 0.3 is 39.5 Å². The SMILES string of the molecule is CC/C=C\C/C=C\C/C=C\C/C=C\C/C=C\C/C=C\CCC(=O)OCC(COP(=O)(O)OCC(O)COP(=O)(O)OCC(COC(=O)CCCCCCC/C=C\CCCCCCCC)OC(=O)CCCCCCC/C=C\CCCCCC)OC(=O)CC/C=C\C/C=C\C/C=C\C/C=C\C/C=C\C/C=C\CC. The average molecular weight is 1520 g/mol. The van der Waals surface area contributed by atoms with Crippen LogP contribution in [0, 0.1) is 0 Å². The molecule has 0 aliphatic rings. The molecule has 0 aliphatic heterocycles. The van der Waals surface area contributed by atoms with E-state index in [0.717, 1.165) is 141 Å². The van der Waals surface area contributed by atoms with Crippen molar-refractivity contribution in [2.24, 2.45) is 0 Å². The summed E-state index contributed by atoms with van der Waals surface area (Å²) >= 11 is 0. The van der Waals surface area contributed by atoms with Crippen LogP contribution in [0.5, 0.6) is 0 Å². The number of carbonyl (C=O) groups is 4. The molecule has 19 heteroatoms. The van der Waals surface area contributed by atoms with E-state index in [0.29, 0.717) is 38.5 Å². The maximum atomic E-state index is 13.1.